The number of sulfonamides is 1. The van der Waals surface area contributed by atoms with E-state index in [1.807, 2.05) is 25.1 Å². The molecule has 1 unspecified atom stereocenters. The van der Waals surface area contributed by atoms with Crippen molar-refractivity contribution in [2.75, 3.05) is 26.0 Å². The number of hydrogen-bond donors (Lipinski definition) is 0. The SMILES string of the molecule is COc1ccc(C)cc1S(=O)(=O)N1CCSC(c2ccco2)CC1. The molecule has 2 aromatic rings. The number of thioether (sulfide) groups is 1. The third-order valence-electron chi connectivity index (χ3n) is 4.10. The summed E-state index contributed by atoms with van der Waals surface area (Å²) in [6, 6.07) is 9.05. The second kappa shape index (κ2) is 7.21. The molecule has 5 nitrogen and oxygen atoms in total. The number of aryl methyl sites for hydroxylation is 1. The number of hydrogen-bond acceptors (Lipinski definition) is 5. The molecular formula is C17H21NO4S2. The molecule has 0 aliphatic carbocycles. The van der Waals surface area contributed by atoms with Crippen molar-refractivity contribution < 1.29 is 17.6 Å². The summed E-state index contributed by atoms with van der Waals surface area (Å²) in [5.74, 6) is 2.03. The maximum atomic E-state index is 13.1. The highest BCUT2D eigenvalue weighted by molar-refractivity contribution is 7.99. The molecule has 0 spiro atoms. The van der Waals surface area contributed by atoms with E-state index < -0.39 is 10.0 Å². The third-order valence-corrected chi connectivity index (χ3v) is 7.31. The first kappa shape index (κ1) is 17.4. The minimum absolute atomic E-state index is 0.194. The lowest BCUT2D eigenvalue weighted by atomic mass is 10.2. The van der Waals surface area contributed by atoms with Gasteiger partial charge < -0.3 is 9.15 Å². The standard InChI is InChI=1S/C17H21NO4S2/c1-13-5-6-15(21-2)17(12-13)24(19,20)18-8-7-16(23-11-9-18)14-4-3-10-22-14/h3-6,10,12,16H,7-9,11H2,1-2H3. The summed E-state index contributed by atoms with van der Waals surface area (Å²) in [6.45, 7) is 2.84. The summed E-state index contributed by atoms with van der Waals surface area (Å²) >= 11 is 1.74. The van der Waals surface area contributed by atoms with Gasteiger partial charge in [0.25, 0.3) is 0 Å². The highest BCUT2D eigenvalue weighted by Gasteiger charge is 2.31. The minimum atomic E-state index is -3.58. The topological polar surface area (TPSA) is 59.8 Å². The molecule has 1 aromatic carbocycles. The summed E-state index contributed by atoms with van der Waals surface area (Å²) < 4.78 is 38.5. The van der Waals surface area contributed by atoms with Gasteiger partial charge in [-0.15, -0.1) is 11.8 Å². The van der Waals surface area contributed by atoms with E-state index in [9.17, 15) is 8.42 Å². The zero-order chi connectivity index (χ0) is 17.2. The van der Waals surface area contributed by atoms with Crippen LogP contribution in [-0.4, -0.2) is 38.7 Å². The quantitative estimate of drug-likeness (QED) is 0.828. The molecule has 0 amide bonds. The highest BCUT2D eigenvalue weighted by Crippen LogP contribution is 2.36. The Morgan fingerprint density at radius 3 is 2.83 bits per heavy atom. The summed E-state index contributed by atoms with van der Waals surface area (Å²) in [7, 11) is -2.08. The van der Waals surface area contributed by atoms with Crippen LogP contribution in [-0.2, 0) is 10.0 Å². The molecule has 1 atom stereocenters. The lowest BCUT2D eigenvalue weighted by molar-refractivity contribution is 0.390. The van der Waals surface area contributed by atoms with E-state index in [1.54, 1.807) is 34.5 Å². The van der Waals surface area contributed by atoms with Gasteiger partial charge in [-0.05, 0) is 43.2 Å². The summed E-state index contributed by atoms with van der Waals surface area (Å²) in [6.07, 6.45) is 2.39. The summed E-state index contributed by atoms with van der Waals surface area (Å²) in [5, 5.41) is 0.194. The van der Waals surface area contributed by atoms with Crippen LogP contribution in [0.5, 0.6) is 5.75 Å². The van der Waals surface area contributed by atoms with E-state index in [0.717, 1.165) is 23.5 Å². The van der Waals surface area contributed by atoms with Gasteiger partial charge in [-0.3, -0.25) is 0 Å². The van der Waals surface area contributed by atoms with E-state index in [2.05, 4.69) is 0 Å². The first-order valence-corrected chi connectivity index (χ1v) is 10.3. The Labute approximate surface area is 147 Å². The van der Waals surface area contributed by atoms with Gasteiger partial charge in [0, 0.05) is 18.8 Å². The van der Waals surface area contributed by atoms with Crippen molar-refractivity contribution in [1.29, 1.82) is 0 Å². The number of nitrogens with zero attached hydrogens (tertiary/aromatic N) is 1. The molecule has 7 heteroatoms. The molecule has 1 aromatic heterocycles. The molecule has 1 aliphatic rings. The average molecular weight is 367 g/mol. The molecule has 1 fully saturated rings. The van der Waals surface area contributed by atoms with Crippen LogP contribution in [0.1, 0.15) is 23.0 Å². The molecule has 130 valence electrons. The van der Waals surface area contributed by atoms with Crippen LogP contribution in [0.3, 0.4) is 0 Å². The Morgan fingerprint density at radius 2 is 2.12 bits per heavy atom. The van der Waals surface area contributed by atoms with Crippen LogP contribution in [0.15, 0.2) is 45.9 Å². The lowest BCUT2D eigenvalue weighted by Gasteiger charge is -2.21. The van der Waals surface area contributed by atoms with E-state index in [0.29, 0.717) is 18.8 Å². The largest absolute Gasteiger partial charge is 0.495 e. The molecule has 24 heavy (non-hydrogen) atoms. The maximum Gasteiger partial charge on any atom is 0.246 e. The van der Waals surface area contributed by atoms with Gasteiger partial charge in [-0.1, -0.05) is 6.07 Å². The van der Waals surface area contributed by atoms with E-state index >= 15 is 0 Å². The van der Waals surface area contributed by atoms with Gasteiger partial charge in [0.15, 0.2) is 0 Å². The fourth-order valence-corrected chi connectivity index (χ4v) is 5.81. The summed E-state index contributed by atoms with van der Waals surface area (Å²) in [5.41, 5.74) is 0.895. The van der Waals surface area contributed by atoms with Crippen LogP contribution < -0.4 is 4.74 Å². The highest BCUT2D eigenvalue weighted by atomic mass is 32.2. The molecule has 0 bridgehead atoms. The number of furan rings is 1. The van der Waals surface area contributed by atoms with Gasteiger partial charge in [0.1, 0.15) is 16.4 Å². The number of methoxy groups -OCH3 is 1. The van der Waals surface area contributed by atoms with Crippen molar-refractivity contribution in [3.05, 3.63) is 47.9 Å². The smallest absolute Gasteiger partial charge is 0.246 e. The molecule has 0 N–H and O–H groups in total. The normalized spacial score (nSPS) is 19.8. The monoisotopic (exact) mass is 367 g/mol. The van der Waals surface area contributed by atoms with Gasteiger partial charge in [0.05, 0.1) is 18.6 Å². The first-order chi connectivity index (χ1) is 11.5. The van der Waals surface area contributed by atoms with E-state index in [4.69, 9.17) is 9.15 Å². The van der Waals surface area contributed by atoms with E-state index in [-0.39, 0.29) is 10.1 Å². The molecule has 1 aliphatic heterocycles. The van der Waals surface area contributed by atoms with Gasteiger partial charge >= 0.3 is 0 Å². The van der Waals surface area contributed by atoms with Crippen molar-refractivity contribution >= 4 is 21.8 Å². The zero-order valence-electron chi connectivity index (χ0n) is 13.8. The number of ether oxygens (including phenoxy) is 1. The van der Waals surface area contributed by atoms with Crippen LogP contribution >= 0.6 is 11.8 Å². The Hall–Kier alpha value is -1.44. The molecular weight excluding hydrogens is 346 g/mol. The van der Waals surface area contributed by atoms with E-state index in [1.165, 1.54) is 7.11 Å². The van der Waals surface area contributed by atoms with Gasteiger partial charge in [-0.2, -0.15) is 4.31 Å². The number of rotatable bonds is 4. The second-order valence-corrected chi connectivity index (χ2v) is 8.94. The molecule has 0 saturated carbocycles. The maximum absolute atomic E-state index is 13.1. The number of benzene rings is 1. The van der Waals surface area contributed by atoms with Crippen LogP contribution in [0.2, 0.25) is 0 Å². The van der Waals surface area contributed by atoms with Crippen molar-refractivity contribution in [2.24, 2.45) is 0 Å². The Balaban J connectivity index is 1.84. The van der Waals surface area contributed by atoms with Crippen LogP contribution in [0.25, 0.3) is 0 Å². The Morgan fingerprint density at radius 1 is 1.29 bits per heavy atom. The van der Waals surface area contributed by atoms with Crippen molar-refractivity contribution in [2.45, 2.75) is 23.5 Å². The van der Waals surface area contributed by atoms with Crippen molar-refractivity contribution in [3.8, 4) is 5.75 Å². The zero-order valence-corrected chi connectivity index (χ0v) is 15.4. The third kappa shape index (κ3) is 3.48. The molecule has 3 rings (SSSR count). The van der Waals surface area contributed by atoms with Crippen molar-refractivity contribution in [3.63, 3.8) is 0 Å². The average Bonchev–Trinajstić information content (AvgIpc) is 2.98. The van der Waals surface area contributed by atoms with Crippen LogP contribution in [0, 0.1) is 6.92 Å². The summed E-state index contributed by atoms with van der Waals surface area (Å²) in [4.78, 5) is 0.242. The van der Waals surface area contributed by atoms with Crippen LogP contribution in [0.4, 0.5) is 0 Å². The van der Waals surface area contributed by atoms with Gasteiger partial charge in [0.2, 0.25) is 10.0 Å². The Bertz CT molecular complexity index is 787. The molecule has 1 saturated heterocycles. The second-order valence-electron chi connectivity index (χ2n) is 5.72. The minimum Gasteiger partial charge on any atom is -0.495 e. The van der Waals surface area contributed by atoms with Gasteiger partial charge in [-0.25, -0.2) is 8.42 Å². The Kier molecular flexibility index (Phi) is 5.22. The predicted molar refractivity (Wildman–Crippen MR) is 95.0 cm³/mol. The lowest BCUT2D eigenvalue weighted by Crippen LogP contribution is -2.33. The first-order valence-electron chi connectivity index (χ1n) is 7.82. The predicted octanol–water partition coefficient (Wildman–Crippen LogP) is 3.47. The fraction of sp³-hybridized carbons (Fsp3) is 0.412. The fourth-order valence-electron chi connectivity index (χ4n) is 2.82. The van der Waals surface area contributed by atoms with Crippen molar-refractivity contribution in [1.82, 2.24) is 4.31 Å². The molecule has 2 heterocycles. The molecule has 0 radical (unpaired) electrons.